The minimum atomic E-state index is 0.329. The van der Waals surface area contributed by atoms with Crippen LogP contribution >= 0.6 is 0 Å². The van der Waals surface area contributed by atoms with Gasteiger partial charge in [-0.3, -0.25) is 14.9 Å². The van der Waals surface area contributed by atoms with Crippen molar-refractivity contribution in [1.29, 1.82) is 0 Å². The van der Waals surface area contributed by atoms with E-state index in [0.717, 1.165) is 24.5 Å². The third kappa shape index (κ3) is 2.48. The number of aromatic nitrogens is 2. The lowest BCUT2D eigenvalue weighted by Gasteiger charge is -2.28. The van der Waals surface area contributed by atoms with Gasteiger partial charge in [0.05, 0.1) is 17.4 Å². The van der Waals surface area contributed by atoms with Crippen LogP contribution in [0.2, 0.25) is 0 Å². The van der Waals surface area contributed by atoms with Crippen LogP contribution in [-0.2, 0) is 0 Å². The Morgan fingerprint density at radius 2 is 2.18 bits per heavy atom. The number of nitrogens with zero attached hydrogens (tertiary/aromatic N) is 3. The van der Waals surface area contributed by atoms with E-state index in [1.807, 2.05) is 6.92 Å². The number of hydrogen-bond donors (Lipinski definition) is 1. The summed E-state index contributed by atoms with van der Waals surface area (Å²) in [6.07, 6.45) is 4.72. The second kappa shape index (κ2) is 5.10. The van der Waals surface area contributed by atoms with Gasteiger partial charge >= 0.3 is 0 Å². The first-order chi connectivity index (χ1) is 8.13. The Hall–Kier alpha value is -1.00. The molecule has 0 amide bonds. The van der Waals surface area contributed by atoms with Crippen LogP contribution < -0.4 is 5.73 Å². The monoisotopic (exact) mass is 234 g/mol. The maximum Gasteiger partial charge on any atom is 0.0784 e. The van der Waals surface area contributed by atoms with Crippen LogP contribution in [0.1, 0.15) is 37.7 Å². The molecule has 2 rings (SSSR count). The molecule has 0 radical (unpaired) electrons. The van der Waals surface area contributed by atoms with Crippen LogP contribution in [0.4, 0.5) is 0 Å². The van der Waals surface area contributed by atoms with Gasteiger partial charge in [0.15, 0.2) is 0 Å². The van der Waals surface area contributed by atoms with Gasteiger partial charge in [-0.2, -0.15) is 0 Å². The Kier molecular flexibility index (Phi) is 3.74. The van der Waals surface area contributed by atoms with Crippen molar-refractivity contribution >= 4 is 0 Å². The highest BCUT2D eigenvalue weighted by atomic mass is 15.2. The predicted octanol–water partition coefficient (Wildman–Crippen LogP) is 1.52. The van der Waals surface area contributed by atoms with E-state index < -0.39 is 0 Å². The molecule has 2 heterocycles. The number of aryl methyl sites for hydroxylation is 1. The molecule has 0 saturated carbocycles. The minimum absolute atomic E-state index is 0.329. The van der Waals surface area contributed by atoms with Crippen LogP contribution in [-0.4, -0.2) is 34.0 Å². The van der Waals surface area contributed by atoms with Crippen LogP contribution in [0.3, 0.4) is 0 Å². The SMILES string of the molecule is Cc1nccnc1C(C)N1CC(CN)CC1C. The maximum atomic E-state index is 5.77. The summed E-state index contributed by atoms with van der Waals surface area (Å²) >= 11 is 0. The summed E-state index contributed by atoms with van der Waals surface area (Å²) in [5, 5.41) is 0. The smallest absolute Gasteiger partial charge is 0.0784 e. The quantitative estimate of drug-likeness (QED) is 0.861. The highest BCUT2D eigenvalue weighted by Crippen LogP contribution is 2.31. The minimum Gasteiger partial charge on any atom is -0.330 e. The van der Waals surface area contributed by atoms with E-state index in [4.69, 9.17) is 5.73 Å². The number of nitrogens with two attached hydrogens (primary N) is 1. The zero-order valence-electron chi connectivity index (χ0n) is 10.9. The summed E-state index contributed by atoms with van der Waals surface area (Å²) in [5.41, 5.74) is 7.90. The molecule has 0 aromatic carbocycles. The molecule has 4 heteroatoms. The first-order valence-corrected chi connectivity index (χ1v) is 6.36. The molecule has 1 saturated heterocycles. The van der Waals surface area contributed by atoms with Crippen molar-refractivity contribution in [1.82, 2.24) is 14.9 Å². The summed E-state index contributed by atoms with van der Waals surface area (Å²) < 4.78 is 0. The average molecular weight is 234 g/mol. The number of hydrogen-bond acceptors (Lipinski definition) is 4. The standard InChI is InChI=1S/C13H22N4/c1-9-6-12(7-14)8-17(9)11(3)13-10(2)15-4-5-16-13/h4-5,9,11-12H,6-8,14H2,1-3H3. The number of likely N-dealkylation sites (tertiary alicyclic amines) is 1. The van der Waals surface area contributed by atoms with Gasteiger partial charge in [-0.1, -0.05) is 0 Å². The molecule has 1 aliphatic rings. The fourth-order valence-electron chi connectivity index (χ4n) is 2.87. The summed E-state index contributed by atoms with van der Waals surface area (Å²) in [4.78, 5) is 11.3. The third-order valence-corrected chi connectivity index (χ3v) is 3.86. The van der Waals surface area contributed by atoms with E-state index >= 15 is 0 Å². The van der Waals surface area contributed by atoms with Gasteiger partial charge in [0, 0.05) is 25.0 Å². The Morgan fingerprint density at radius 3 is 2.76 bits per heavy atom. The molecular weight excluding hydrogens is 212 g/mol. The van der Waals surface area contributed by atoms with Gasteiger partial charge in [-0.05, 0) is 39.7 Å². The molecule has 3 atom stereocenters. The van der Waals surface area contributed by atoms with Crippen molar-refractivity contribution in [2.24, 2.45) is 11.7 Å². The molecule has 1 aliphatic heterocycles. The summed E-state index contributed by atoms with van der Waals surface area (Å²) in [6.45, 7) is 8.38. The van der Waals surface area contributed by atoms with Crippen molar-refractivity contribution in [2.75, 3.05) is 13.1 Å². The average Bonchev–Trinajstić information content (AvgIpc) is 2.70. The topological polar surface area (TPSA) is 55.0 Å². The van der Waals surface area contributed by atoms with E-state index in [-0.39, 0.29) is 0 Å². The Bertz CT molecular complexity index is 379. The molecule has 1 aromatic heterocycles. The van der Waals surface area contributed by atoms with Crippen molar-refractivity contribution < 1.29 is 0 Å². The zero-order chi connectivity index (χ0) is 12.4. The lowest BCUT2D eigenvalue weighted by atomic mass is 10.1. The summed E-state index contributed by atoms with van der Waals surface area (Å²) in [6, 6.07) is 0.912. The van der Waals surface area contributed by atoms with Crippen LogP contribution in [0, 0.1) is 12.8 Å². The third-order valence-electron chi connectivity index (χ3n) is 3.86. The molecule has 3 unspecified atom stereocenters. The van der Waals surface area contributed by atoms with Gasteiger partial charge in [0.2, 0.25) is 0 Å². The summed E-state index contributed by atoms with van der Waals surface area (Å²) in [7, 11) is 0. The first-order valence-electron chi connectivity index (χ1n) is 6.36. The van der Waals surface area contributed by atoms with Gasteiger partial charge in [0.1, 0.15) is 0 Å². The lowest BCUT2D eigenvalue weighted by molar-refractivity contribution is 0.196. The van der Waals surface area contributed by atoms with Gasteiger partial charge in [-0.15, -0.1) is 0 Å². The van der Waals surface area contributed by atoms with E-state index in [2.05, 4.69) is 28.7 Å². The van der Waals surface area contributed by atoms with E-state index in [9.17, 15) is 0 Å². The molecule has 0 aliphatic carbocycles. The van der Waals surface area contributed by atoms with Crippen molar-refractivity contribution in [3.8, 4) is 0 Å². The van der Waals surface area contributed by atoms with Gasteiger partial charge < -0.3 is 5.73 Å². The summed E-state index contributed by atoms with van der Waals surface area (Å²) in [5.74, 6) is 0.629. The number of rotatable bonds is 3. The zero-order valence-corrected chi connectivity index (χ0v) is 10.9. The van der Waals surface area contributed by atoms with Crippen molar-refractivity contribution in [2.45, 2.75) is 39.3 Å². The van der Waals surface area contributed by atoms with E-state index in [1.165, 1.54) is 6.42 Å². The molecule has 4 nitrogen and oxygen atoms in total. The Balaban J connectivity index is 2.15. The molecule has 0 bridgehead atoms. The fourth-order valence-corrected chi connectivity index (χ4v) is 2.87. The van der Waals surface area contributed by atoms with Gasteiger partial charge in [-0.25, -0.2) is 0 Å². The molecule has 1 aromatic rings. The highest BCUT2D eigenvalue weighted by Gasteiger charge is 2.32. The van der Waals surface area contributed by atoms with E-state index in [1.54, 1.807) is 12.4 Å². The first kappa shape index (κ1) is 12.5. The largest absolute Gasteiger partial charge is 0.330 e. The van der Waals surface area contributed by atoms with Gasteiger partial charge in [0.25, 0.3) is 0 Å². The fraction of sp³-hybridized carbons (Fsp3) is 0.692. The van der Waals surface area contributed by atoms with Crippen molar-refractivity contribution in [3.63, 3.8) is 0 Å². The molecule has 1 fully saturated rings. The highest BCUT2D eigenvalue weighted by molar-refractivity contribution is 5.13. The molecule has 17 heavy (non-hydrogen) atoms. The molecule has 2 N–H and O–H groups in total. The second-order valence-corrected chi connectivity index (χ2v) is 5.09. The van der Waals surface area contributed by atoms with Crippen LogP contribution in [0.5, 0.6) is 0 Å². The Labute approximate surface area is 103 Å². The lowest BCUT2D eigenvalue weighted by Crippen LogP contribution is -2.31. The van der Waals surface area contributed by atoms with Crippen LogP contribution in [0.25, 0.3) is 0 Å². The van der Waals surface area contributed by atoms with Crippen molar-refractivity contribution in [3.05, 3.63) is 23.8 Å². The van der Waals surface area contributed by atoms with Crippen LogP contribution in [0.15, 0.2) is 12.4 Å². The molecular formula is C13H22N4. The Morgan fingerprint density at radius 1 is 1.47 bits per heavy atom. The van der Waals surface area contributed by atoms with E-state index in [0.29, 0.717) is 18.0 Å². The molecule has 0 spiro atoms. The predicted molar refractivity (Wildman–Crippen MR) is 68.5 cm³/mol. The normalized spacial score (nSPS) is 27.3. The molecule has 94 valence electrons. The second-order valence-electron chi connectivity index (χ2n) is 5.09. The maximum absolute atomic E-state index is 5.77.